The van der Waals surface area contributed by atoms with Gasteiger partial charge in [0, 0.05) is 26.1 Å². The van der Waals surface area contributed by atoms with Gasteiger partial charge in [0.25, 0.3) is 0 Å². The lowest BCUT2D eigenvalue weighted by Gasteiger charge is -2.31. The molecule has 12 heavy (non-hydrogen) atoms. The van der Waals surface area contributed by atoms with Crippen LogP contribution in [0.1, 0.15) is 18.4 Å². The van der Waals surface area contributed by atoms with Gasteiger partial charge in [0.05, 0.1) is 5.60 Å². The van der Waals surface area contributed by atoms with Gasteiger partial charge in [-0.3, -0.25) is 0 Å². The molecule has 2 heterocycles. The van der Waals surface area contributed by atoms with E-state index in [9.17, 15) is 5.11 Å². The average Bonchev–Trinajstić information content (AvgIpc) is 2.58. The molecule has 2 rings (SSSR count). The predicted molar refractivity (Wildman–Crippen MR) is 48.3 cm³/mol. The van der Waals surface area contributed by atoms with Crippen LogP contribution in [-0.4, -0.2) is 18.3 Å². The third kappa shape index (κ3) is 1.40. The molecule has 0 unspecified atom stereocenters. The van der Waals surface area contributed by atoms with E-state index in [-0.39, 0.29) is 0 Å². The van der Waals surface area contributed by atoms with Crippen LogP contribution >= 0.6 is 11.3 Å². The van der Waals surface area contributed by atoms with Crippen LogP contribution in [0.5, 0.6) is 0 Å². The third-order valence-electron chi connectivity index (χ3n) is 2.38. The number of rotatable bonds is 1. The number of hydrogen-bond acceptors (Lipinski definition) is 3. The summed E-state index contributed by atoms with van der Waals surface area (Å²) in [5.74, 6) is 0. The third-order valence-corrected chi connectivity index (χ3v) is 3.06. The fourth-order valence-corrected chi connectivity index (χ4v) is 2.28. The molecule has 1 aromatic heterocycles. The monoisotopic (exact) mass is 184 g/mol. The van der Waals surface area contributed by atoms with Crippen molar-refractivity contribution in [3.8, 4) is 0 Å². The SMILES string of the molecule is OC1(c2ccsc2)CCOCC1. The smallest absolute Gasteiger partial charge is 0.0948 e. The van der Waals surface area contributed by atoms with Crippen LogP contribution in [0.2, 0.25) is 0 Å². The van der Waals surface area contributed by atoms with Crippen LogP contribution in [0.4, 0.5) is 0 Å². The van der Waals surface area contributed by atoms with Gasteiger partial charge in [-0.2, -0.15) is 11.3 Å². The zero-order valence-corrected chi connectivity index (χ0v) is 7.64. The summed E-state index contributed by atoms with van der Waals surface area (Å²) in [5, 5.41) is 14.2. The molecule has 0 amide bonds. The minimum atomic E-state index is -0.613. The van der Waals surface area contributed by atoms with E-state index in [0.29, 0.717) is 13.2 Å². The number of aliphatic hydroxyl groups is 1. The van der Waals surface area contributed by atoms with Gasteiger partial charge < -0.3 is 9.84 Å². The van der Waals surface area contributed by atoms with Gasteiger partial charge in [0.1, 0.15) is 0 Å². The molecule has 0 aliphatic carbocycles. The molecule has 1 aliphatic rings. The molecule has 66 valence electrons. The average molecular weight is 184 g/mol. The second-order valence-electron chi connectivity index (χ2n) is 3.16. The van der Waals surface area contributed by atoms with Crippen molar-refractivity contribution in [3.05, 3.63) is 22.4 Å². The van der Waals surface area contributed by atoms with E-state index < -0.39 is 5.60 Å². The van der Waals surface area contributed by atoms with Crippen molar-refractivity contribution in [2.75, 3.05) is 13.2 Å². The highest BCUT2D eigenvalue weighted by Crippen LogP contribution is 2.32. The van der Waals surface area contributed by atoms with Gasteiger partial charge >= 0.3 is 0 Å². The van der Waals surface area contributed by atoms with Crippen LogP contribution in [0.25, 0.3) is 0 Å². The molecule has 0 atom stereocenters. The fraction of sp³-hybridized carbons (Fsp3) is 0.556. The largest absolute Gasteiger partial charge is 0.385 e. The van der Waals surface area contributed by atoms with Crippen molar-refractivity contribution in [1.82, 2.24) is 0 Å². The molecule has 0 radical (unpaired) electrons. The van der Waals surface area contributed by atoms with Gasteiger partial charge in [-0.25, -0.2) is 0 Å². The summed E-state index contributed by atoms with van der Waals surface area (Å²) >= 11 is 1.63. The maximum Gasteiger partial charge on any atom is 0.0948 e. The first-order chi connectivity index (χ1) is 5.81. The van der Waals surface area contributed by atoms with Gasteiger partial charge in [0.15, 0.2) is 0 Å². The second-order valence-corrected chi connectivity index (χ2v) is 3.94. The van der Waals surface area contributed by atoms with E-state index in [0.717, 1.165) is 18.4 Å². The molecule has 0 bridgehead atoms. The lowest BCUT2D eigenvalue weighted by molar-refractivity contribution is -0.0676. The Balaban J connectivity index is 2.19. The quantitative estimate of drug-likeness (QED) is 0.720. The summed E-state index contributed by atoms with van der Waals surface area (Å²) in [6, 6.07) is 2.00. The zero-order valence-electron chi connectivity index (χ0n) is 6.82. The molecule has 1 aliphatic heterocycles. The van der Waals surface area contributed by atoms with Crippen molar-refractivity contribution in [2.24, 2.45) is 0 Å². The molecule has 0 spiro atoms. The first-order valence-electron chi connectivity index (χ1n) is 4.14. The normalized spacial score (nSPS) is 22.4. The Hall–Kier alpha value is -0.380. The maximum absolute atomic E-state index is 10.2. The topological polar surface area (TPSA) is 29.5 Å². The molecule has 1 saturated heterocycles. The van der Waals surface area contributed by atoms with Crippen LogP contribution in [-0.2, 0) is 10.3 Å². The Kier molecular flexibility index (Phi) is 2.17. The summed E-state index contributed by atoms with van der Waals surface area (Å²) in [7, 11) is 0. The highest BCUT2D eigenvalue weighted by molar-refractivity contribution is 7.08. The Morgan fingerprint density at radius 2 is 2.17 bits per heavy atom. The van der Waals surface area contributed by atoms with Crippen LogP contribution < -0.4 is 0 Å². The maximum atomic E-state index is 10.2. The number of thiophene rings is 1. The summed E-state index contributed by atoms with van der Waals surface area (Å²) in [4.78, 5) is 0. The predicted octanol–water partition coefficient (Wildman–Crippen LogP) is 1.75. The molecule has 2 nitrogen and oxygen atoms in total. The van der Waals surface area contributed by atoms with E-state index >= 15 is 0 Å². The van der Waals surface area contributed by atoms with E-state index in [1.807, 2.05) is 16.8 Å². The van der Waals surface area contributed by atoms with Crippen molar-refractivity contribution in [2.45, 2.75) is 18.4 Å². The molecule has 3 heteroatoms. The van der Waals surface area contributed by atoms with Gasteiger partial charge in [-0.1, -0.05) is 0 Å². The Labute approximate surface area is 75.8 Å². The Morgan fingerprint density at radius 3 is 2.75 bits per heavy atom. The van der Waals surface area contributed by atoms with E-state index in [2.05, 4.69) is 0 Å². The minimum Gasteiger partial charge on any atom is -0.385 e. The first kappa shape index (κ1) is 8.23. The second kappa shape index (κ2) is 3.17. The standard InChI is InChI=1S/C9H12O2S/c10-9(2-4-11-5-3-9)8-1-6-12-7-8/h1,6-7,10H,2-5H2. The van der Waals surface area contributed by atoms with Crippen molar-refractivity contribution in [3.63, 3.8) is 0 Å². The fourth-order valence-electron chi connectivity index (χ4n) is 1.53. The first-order valence-corrected chi connectivity index (χ1v) is 5.08. The van der Waals surface area contributed by atoms with Crippen molar-refractivity contribution in [1.29, 1.82) is 0 Å². The van der Waals surface area contributed by atoms with E-state index in [1.165, 1.54) is 0 Å². The molecule has 1 aromatic rings. The summed E-state index contributed by atoms with van der Waals surface area (Å²) < 4.78 is 5.21. The Morgan fingerprint density at radius 1 is 1.42 bits per heavy atom. The molecule has 1 N–H and O–H groups in total. The van der Waals surface area contributed by atoms with Gasteiger partial charge in [0.2, 0.25) is 0 Å². The van der Waals surface area contributed by atoms with Gasteiger partial charge in [-0.05, 0) is 22.4 Å². The summed E-state index contributed by atoms with van der Waals surface area (Å²) in [6.45, 7) is 1.35. The molecular formula is C9H12O2S. The molecular weight excluding hydrogens is 172 g/mol. The molecule has 1 fully saturated rings. The highest BCUT2D eigenvalue weighted by Gasteiger charge is 2.31. The molecule has 0 aromatic carbocycles. The number of ether oxygens (including phenoxy) is 1. The van der Waals surface area contributed by atoms with Crippen LogP contribution in [0.15, 0.2) is 16.8 Å². The molecule has 0 saturated carbocycles. The van der Waals surface area contributed by atoms with E-state index in [1.54, 1.807) is 11.3 Å². The Bertz CT molecular complexity index is 237. The van der Waals surface area contributed by atoms with Crippen molar-refractivity contribution >= 4 is 11.3 Å². The summed E-state index contributed by atoms with van der Waals surface area (Å²) in [6.07, 6.45) is 1.45. The lowest BCUT2D eigenvalue weighted by Crippen LogP contribution is -2.32. The van der Waals surface area contributed by atoms with E-state index in [4.69, 9.17) is 4.74 Å². The summed E-state index contributed by atoms with van der Waals surface area (Å²) in [5.41, 5.74) is 0.439. The number of hydrogen-bond donors (Lipinski definition) is 1. The van der Waals surface area contributed by atoms with Gasteiger partial charge in [-0.15, -0.1) is 0 Å². The van der Waals surface area contributed by atoms with Crippen molar-refractivity contribution < 1.29 is 9.84 Å². The lowest BCUT2D eigenvalue weighted by atomic mass is 9.88. The highest BCUT2D eigenvalue weighted by atomic mass is 32.1. The van der Waals surface area contributed by atoms with Crippen LogP contribution in [0, 0.1) is 0 Å². The zero-order chi connectivity index (χ0) is 8.44. The van der Waals surface area contributed by atoms with Crippen LogP contribution in [0.3, 0.4) is 0 Å². The minimum absolute atomic E-state index is 0.613.